The summed E-state index contributed by atoms with van der Waals surface area (Å²) in [6.45, 7) is 8.24. The zero-order chi connectivity index (χ0) is 16.9. The number of aliphatic imine (C=N–C) groups is 1. The third-order valence-corrected chi connectivity index (χ3v) is 6.30. The van der Waals surface area contributed by atoms with Crippen LogP contribution in [0.1, 0.15) is 45.8 Å². The summed E-state index contributed by atoms with van der Waals surface area (Å²) in [5, 5.41) is 0. The highest BCUT2D eigenvalue weighted by Crippen LogP contribution is 2.54. The van der Waals surface area contributed by atoms with Gasteiger partial charge in [-0.25, -0.2) is 4.99 Å². The van der Waals surface area contributed by atoms with Crippen LogP contribution in [0.25, 0.3) is 0 Å². The zero-order valence-corrected chi connectivity index (χ0v) is 15.2. The van der Waals surface area contributed by atoms with Gasteiger partial charge < -0.3 is 13.8 Å². The predicted octanol–water partition coefficient (Wildman–Crippen LogP) is 4.59. The molecule has 0 aliphatic carbocycles. The van der Waals surface area contributed by atoms with E-state index in [1.807, 2.05) is 58.0 Å². The first kappa shape index (κ1) is 18.2. The first-order chi connectivity index (χ1) is 11.0. The van der Waals surface area contributed by atoms with Crippen LogP contribution in [-0.4, -0.2) is 30.8 Å². The van der Waals surface area contributed by atoms with Gasteiger partial charge in [-0.1, -0.05) is 37.3 Å². The minimum absolute atomic E-state index is 0.0400. The number of benzene rings is 1. The van der Waals surface area contributed by atoms with E-state index >= 15 is 0 Å². The summed E-state index contributed by atoms with van der Waals surface area (Å²) < 4.78 is 29.6. The van der Waals surface area contributed by atoms with Gasteiger partial charge >= 0.3 is 7.60 Å². The van der Waals surface area contributed by atoms with E-state index in [2.05, 4.69) is 4.99 Å². The highest BCUT2D eigenvalue weighted by molar-refractivity contribution is 7.54. The fourth-order valence-electron chi connectivity index (χ4n) is 2.68. The number of hydrogen-bond acceptors (Lipinski definition) is 5. The van der Waals surface area contributed by atoms with Crippen LogP contribution in [0.4, 0.5) is 0 Å². The average Bonchev–Trinajstić information content (AvgIpc) is 2.89. The van der Waals surface area contributed by atoms with Gasteiger partial charge in [-0.15, -0.1) is 0 Å². The second-order valence-electron chi connectivity index (χ2n) is 5.64. The molecule has 6 heteroatoms. The average molecular weight is 339 g/mol. The Morgan fingerprint density at radius 1 is 1.22 bits per heavy atom. The standard InChI is InChI=1S/C17H26NO4P/c1-5-20-23(19,21-6-2)13(3)12-16-18-14(4)17(22-16)15-10-8-7-9-11-15/h7-11,13-14,17H,5-6,12H2,1-4H3/t13-,14-,17+/m1/s1. The lowest BCUT2D eigenvalue weighted by Crippen LogP contribution is -2.16. The maximum absolute atomic E-state index is 12.8. The summed E-state index contributed by atoms with van der Waals surface area (Å²) in [4.78, 5) is 4.58. The van der Waals surface area contributed by atoms with Gasteiger partial charge in [0.25, 0.3) is 0 Å². The molecule has 5 nitrogen and oxygen atoms in total. The largest absolute Gasteiger partial charge is 0.471 e. The molecule has 0 saturated heterocycles. The Morgan fingerprint density at radius 2 is 1.83 bits per heavy atom. The summed E-state index contributed by atoms with van der Waals surface area (Å²) in [7, 11) is -3.14. The third kappa shape index (κ3) is 4.43. The van der Waals surface area contributed by atoms with Gasteiger partial charge in [-0.05, 0) is 26.3 Å². The van der Waals surface area contributed by atoms with Crippen molar-refractivity contribution in [3.8, 4) is 0 Å². The van der Waals surface area contributed by atoms with E-state index in [1.165, 1.54) is 0 Å². The molecule has 0 bridgehead atoms. The van der Waals surface area contributed by atoms with Crippen LogP contribution in [0.15, 0.2) is 35.3 Å². The van der Waals surface area contributed by atoms with E-state index in [0.29, 0.717) is 25.5 Å². The number of hydrogen-bond donors (Lipinski definition) is 0. The molecule has 1 aromatic carbocycles. The lowest BCUT2D eigenvalue weighted by Gasteiger charge is -2.23. The molecule has 0 amide bonds. The SMILES string of the molecule is CCOP(=O)(OCC)[C@H](C)CC1=N[C@H](C)[C@@H](c2ccccc2)O1. The van der Waals surface area contributed by atoms with Gasteiger partial charge in [0.15, 0.2) is 5.90 Å². The summed E-state index contributed by atoms with van der Waals surface area (Å²) in [6.07, 6.45) is 0.363. The fourth-order valence-corrected chi connectivity index (χ4v) is 4.36. The van der Waals surface area contributed by atoms with Crippen molar-refractivity contribution >= 4 is 13.5 Å². The lowest BCUT2D eigenvalue weighted by atomic mass is 10.0. The molecule has 0 fully saturated rings. The first-order valence-electron chi connectivity index (χ1n) is 8.17. The zero-order valence-electron chi connectivity index (χ0n) is 14.3. The Balaban J connectivity index is 2.03. The molecular weight excluding hydrogens is 313 g/mol. The molecule has 1 aromatic rings. The van der Waals surface area contributed by atoms with Crippen LogP contribution in [0.5, 0.6) is 0 Å². The van der Waals surface area contributed by atoms with Crippen molar-refractivity contribution in [3.05, 3.63) is 35.9 Å². The molecule has 1 heterocycles. The summed E-state index contributed by atoms with van der Waals surface area (Å²) >= 11 is 0. The molecule has 0 aromatic heterocycles. The molecular formula is C17H26NO4P. The maximum Gasteiger partial charge on any atom is 0.333 e. The van der Waals surface area contributed by atoms with E-state index in [-0.39, 0.29) is 17.8 Å². The van der Waals surface area contributed by atoms with E-state index < -0.39 is 7.60 Å². The minimum atomic E-state index is -3.14. The summed E-state index contributed by atoms with van der Waals surface area (Å²) in [5.74, 6) is 0.624. The summed E-state index contributed by atoms with van der Waals surface area (Å²) in [5.41, 5.74) is 0.812. The van der Waals surface area contributed by atoms with Gasteiger partial charge in [0, 0.05) is 6.42 Å². The topological polar surface area (TPSA) is 57.1 Å². The number of ether oxygens (including phenoxy) is 1. The van der Waals surface area contributed by atoms with Crippen molar-refractivity contribution in [1.82, 2.24) is 0 Å². The molecule has 128 valence electrons. The van der Waals surface area contributed by atoms with Crippen molar-refractivity contribution in [2.45, 2.75) is 51.9 Å². The van der Waals surface area contributed by atoms with Crippen LogP contribution in [0.2, 0.25) is 0 Å². The molecule has 2 rings (SSSR count). The van der Waals surface area contributed by atoms with E-state index in [1.54, 1.807) is 0 Å². The molecule has 0 spiro atoms. The van der Waals surface area contributed by atoms with Gasteiger partial charge in [0.05, 0.1) is 24.9 Å². The second kappa shape index (κ2) is 8.09. The molecule has 1 aliphatic rings. The number of rotatable bonds is 8. The quantitative estimate of drug-likeness (QED) is 0.650. The van der Waals surface area contributed by atoms with E-state index in [0.717, 1.165) is 5.56 Å². The van der Waals surface area contributed by atoms with Crippen LogP contribution in [0, 0.1) is 0 Å². The Morgan fingerprint density at radius 3 is 2.39 bits per heavy atom. The van der Waals surface area contributed by atoms with Crippen LogP contribution in [0.3, 0.4) is 0 Å². The lowest BCUT2D eigenvalue weighted by molar-refractivity contribution is 0.192. The van der Waals surface area contributed by atoms with Gasteiger partial charge in [-0.2, -0.15) is 0 Å². The highest BCUT2D eigenvalue weighted by Gasteiger charge is 2.36. The first-order valence-corrected chi connectivity index (χ1v) is 9.78. The Hall–Kier alpha value is -1.16. The molecule has 23 heavy (non-hydrogen) atoms. The monoisotopic (exact) mass is 339 g/mol. The highest BCUT2D eigenvalue weighted by atomic mass is 31.2. The normalized spacial score (nSPS) is 22.5. The van der Waals surface area contributed by atoms with Gasteiger partial charge in [-0.3, -0.25) is 4.57 Å². The van der Waals surface area contributed by atoms with Crippen molar-refractivity contribution in [1.29, 1.82) is 0 Å². The predicted molar refractivity (Wildman–Crippen MR) is 92.1 cm³/mol. The Bertz CT molecular complexity index is 565. The molecule has 1 aliphatic heterocycles. The second-order valence-corrected chi connectivity index (χ2v) is 8.12. The smallest absolute Gasteiger partial charge is 0.333 e. The minimum Gasteiger partial charge on any atom is -0.471 e. The molecule has 0 radical (unpaired) electrons. The maximum atomic E-state index is 12.8. The summed E-state index contributed by atoms with van der Waals surface area (Å²) in [6, 6.07) is 10.1. The van der Waals surface area contributed by atoms with Crippen molar-refractivity contribution in [2.75, 3.05) is 13.2 Å². The van der Waals surface area contributed by atoms with Crippen LogP contribution >= 0.6 is 7.60 Å². The van der Waals surface area contributed by atoms with Gasteiger partial charge in [0.2, 0.25) is 0 Å². The molecule has 0 N–H and O–H groups in total. The fraction of sp³-hybridized carbons (Fsp3) is 0.588. The third-order valence-electron chi connectivity index (χ3n) is 3.80. The molecule has 0 unspecified atom stereocenters. The van der Waals surface area contributed by atoms with Crippen LogP contribution < -0.4 is 0 Å². The van der Waals surface area contributed by atoms with Crippen molar-refractivity contribution in [2.24, 2.45) is 4.99 Å². The Kier molecular flexibility index (Phi) is 6.40. The molecule has 3 atom stereocenters. The van der Waals surface area contributed by atoms with E-state index in [9.17, 15) is 4.57 Å². The van der Waals surface area contributed by atoms with Crippen molar-refractivity contribution < 1.29 is 18.3 Å². The van der Waals surface area contributed by atoms with Crippen LogP contribution in [-0.2, 0) is 18.3 Å². The van der Waals surface area contributed by atoms with Gasteiger partial charge in [0.1, 0.15) is 6.10 Å². The Labute approximate surface area is 138 Å². The van der Waals surface area contributed by atoms with E-state index in [4.69, 9.17) is 13.8 Å². The van der Waals surface area contributed by atoms with Crippen molar-refractivity contribution in [3.63, 3.8) is 0 Å². The molecule has 0 saturated carbocycles. The number of nitrogens with zero attached hydrogens (tertiary/aromatic N) is 1.